The Hall–Kier alpha value is -2.92. The maximum Gasteiger partial charge on any atom is 0.248 e. The molecule has 26 heavy (non-hydrogen) atoms. The van der Waals surface area contributed by atoms with E-state index in [0.717, 1.165) is 22.6 Å². The molecular weight excluding hydrogens is 348 g/mol. The summed E-state index contributed by atoms with van der Waals surface area (Å²) in [5.41, 5.74) is 4.94. The average Bonchev–Trinajstić information content (AvgIpc) is 2.92. The van der Waals surface area contributed by atoms with Crippen LogP contribution in [0.3, 0.4) is 0 Å². The minimum atomic E-state index is -0.260. The molecule has 0 aliphatic rings. The molecule has 1 aromatic carbocycles. The zero-order valence-corrected chi connectivity index (χ0v) is 15.6. The Morgan fingerprint density at radius 2 is 1.85 bits per heavy atom. The van der Waals surface area contributed by atoms with Gasteiger partial charge in [-0.15, -0.1) is 0 Å². The molecule has 3 rings (SSSR count). The van der Waals surface area contributed by atoms with Crippen LogP contribution >= 0.6 is 11.6 Å². The monoisotopic (exact) mass is 366 g/mol. The van der Waals surface area contributed by atoms with E-state index in [1.54, 1.807) is 25.3 Å². The minimum absolute atomic E-state index is 0.260. The molecule has 1 N–H and O–H groups in total. The molecule has 0 saturated heterocycles. The maximum absolute atomic E-state index is 12.2. The molecule has 2 heterocycles. The first kappa shape index (κ1) is 17.9. The summed E-state index contributed by atoms with van der Waals surface area (Å²) < 4.78 is 1.87. The Balaban J connectivity index is 1.81. The number of hydrogen-bond acceptors (Lipinski definition) is 3. The van der Waals surface area contributed by atoms with Crippen LogP contribution in [-0.4, -0.2) is 20.7 Å². The number of benzene rings is 1. The molecular formula is C20H19ClN4O. The van der Waals surface area contributed by atoms with Gasteiger partial charge in [-0.05, 0) is 45.0 Å². The van der Waals surface area contributed by atoms with Crippen LogP contribution in [0.5, 0.6) is 0 Å². The van der Waals surface area contributed by atoms with Crippen LogP contribution in [0.15, 0.2) is 48.7 Å². The van der Waals surface area contributed by atoms with Gasteiger partial charge in [0, 0.05) is 23.5 Å². The number of hydrogen-bond donors (Lipinski definition) is 1. The first-order valence-corrected chi connectivity index (χ1v) is 8.57. The number of aryl methyl sites for hydroxylation is 2. The van der Waals surface area contributed by atoms with Crippen molar-refractivity contribution >= 4 is 29.3 Å². The van der Waals surface area contributed by atoms with Crippen LogP contribution in [0.25, 0.3) is 11.8 Å². The topological polar surface area (TPSA) is 59.8 Å². The third kappa shape index (κ3) is 3.68. The summed E-state index contributed by atoms with van der Waals surface area (Å²) >= 11 is 6.16. The SMILES string of the molecule is Cc1nccc(NC(=O)/C=C/c2c(C)nn(-c3ccccc3)c2C)c1Cl. The number of carbonyl (C=O) groups is 1. The van der Waals surface area contributed by atoms with Crippen molar-refractivity contribution in [3.63, 3.8) is 0 Å². The molecule has 0 atom stereocenters. The summed E-state index contributed by atoms with van der Waals surface area (Å²) in [4.78, 5) is 16.3. The van der Waals surface area contributed by atoms with E-state index in [-0.39, 0.29) is 5.91 Å². The van der Waals surface area contributed by atoms with E-state index >= 15 is 0 Å². The van der Waals surface area contributed by atoms with Crippen molar-refractivity contribution in [2.75, 3.05) is 5.32 Å². The van der Waals surface area contributed by atoms with Crippen LogP contribution in [0.4, 0.5) is 5.69 Å². The average molecular weight is 367 g/mol. The van der Waals surface area contributed by atoms with E-state index in [2.05, 4.69) is 15.4 Å². The zero-order valence-electron chi connectivity index (χ0n) is 14.8. The lowest BCUT2D eigenvalue weighted by Gasteiger charge is -2.06. The summed E-state index contributed by atoms with van der Waals surface area (Å²) in [5, 5.41) is 7.79. The third-order valence-electron chi connectivity index (χ3n) is 4.07. The van der Waals surface area contributed by atoms with E-state index < -0.39 is 0 Å². The highest BCUT2D eigenvalue weighted by atomic mass is 35.5. The fraction of sp³-hybridized carbons (Fsp3) is 0.150. The van der Waals surface area contributed by atoms with Crippen molar-refractivity contribution in [3.8, 4) is 5.69 Å². The second kappa shape index (κ2) is 7.54. The Morgan fingerprint density at radius 1 is 1.12 bits per heavy atom. The van der Waals surface area contributed by atoms with Crippen LogP contribution in [-0.2, 0) is 4.79 Å². The summed E-state index contributed by atoms with van der Waals surface area (Å²) in [6, 6.07) is 11.6. The lowest BCUT2D eigenvalue weighted by Crippen LogP contribution is -2.08. The second-order valence-corrected chi connectivity index (χ2v) is 6.29. The van der Waals surface area contributed by atoms with Crippen molar-refractivity contribution in [2.24, 2.45) is 0 Å². The predicted molar refractivity (Wildman–Crippen MR) is 105 cm³/mol. The molecule has 2 aromatic heterocycles. The molecule has 132 valence electrons. The summed E-state index contributed by atoms with van der Waals surface area (Å²) in [6.45, 7) is 5.69. The Kier molecular flexibility index (Phi) is 5.19. The molecule has 3 aromatic rings. The van der Waals surface area contributed by atoms with E-state index in [1.807, 2.05) is 48.9 Å². The largest absolute Gasteiger partial charge is 0.321 e. The van der Waals surface area contributed by atoms with Gasteiger partial charge >= 0.3 is 0 Å². The van der Waals surface area contributed by atoms with Crippen LogP contribution in [0.1, 0.15) is 22.6 Å². The fourth-order valence-electron chi connectivity index (χ4n) is 2.69. The molecule has 6 heteroatoms. The number of amides is 1. The smallest absolute Gasteiger partial charge is 0.248 e. The number of carbonyl (C=O) groups excluding carboxylic acids is 1. The standard InChI is InChI=1S/C20H19ClN4O/c1-13-17(15(3)25(24-13)16-7-5-4-6-8-16)9-10-19(26)23-18-11-12-22-14(2)20(18)21/h4-12H,1-3H3,(H,22,23,26)/b10-9+. The lowest BCUT2D eigenvalue weighted by atomic mass is 10.2. The van der Waals surface area contributed by atoms with Crippen molar-refractivity contribution < 1.29 is 4.79 Å². The van der Waals surface area contributed by atoms with Crippen LogP contribution in [0, 0.1) is 20.8 Å². The third-order valence-corrected chi connectivity index (χ3v) is 4.55. The highest BCUT2D eigenvalue weighted by Gasteiger charge is 2.11. The van der Waals surface area contributed by atoms with Crippen LogP contribution < -0.4 is 5.32 Å². The van der Waals surface area contributed by atoms with E-state index in [4.69, 9.17) is 11.6 Å². The van der Waals surface area contributed by atoms with E-state index in [1.165, 1.54) is 6.08 Å². The van der Waals surface area contributed by atoms with Gasteiger partial charge < -0.3 is 5.32 Å². The lowest BCUT2D eigenvalue weighted by molar-refractivity contribution is -0.111. The van der Waals surface area contributed by atoms with Crippen LogP contribution in [0.2, 0.25) is 5.02 Å². The number of para-hydroxylation sites is 1. The summed E-state index contributed by atoms with van der Waals surface area (Å²) in [5.74, 6) is -0.260. The predicted octanol–water partition coefficient (Wildman–Crippen LogP) is 4.50. The Bertz CT molecular complexity index is 977. The number of nitrogens with one attached hydrogen (secondary N) is 1. The molecule has 0 saturated carbocycles. The van der Waals surface area contributed by atoms with Crippen molar-refractivity contribution in [3.05, 3.63) is 76.3 Å². The van der Waals surface area contributed by atoms with E-state index in [9.17, 15) is 4.79 Å². The van der Waals surface area contributed by atoms with Gasteiger partial charge in [-0.1, -0.05) is 29.8 Å². The molecule has 5 nitrogen and oxygen atoms in total. The first-order chi connectivity index (χ1) is 12.5. The number of aromatic nitrogens is 3. The molecule has 0 unspecified atom stereocenters. The van der Waals surface area contributed by atoms with Gasteiger partial charge in [0.15, 0.2) is 0 Å². The molecule has 0 fully saturated rings. The minimum Gasteiger partial charge on any atom is -0.321 e. The highest BCUT2D eigenvalue weighted by Crippen LogP contribution is 2.23. The van der Waals surface area contributed by atoms with Gasteiger partial charge in [0.05, 0.1) is 27.8 Å². The molecule has 0 bridgehead atoms. The Morgan fingerprint density at radius 3 is 2.58 bits per heavy atom. The van der Waals surface area contributed by atoms with Gasteiger partial charge in [-0.3, -0.25) is 9.78 Å². The normalized spacial score (nSPS) is 11.1. The van der Waals surface area contributed by atoms with E-state index in [0.29, 0.717) is 16.4 Å². The molecule has 0 spiro atoms. The fourth-order valence-corrected chi connectivity index (χ4v) is 2.85. The molecule has 0 aliphatic carbocycles. The summed E-state index contributed by atoms with van der Waals surface area (Å²) in [7, 11) is 0. The molecule has 1 amide bonds. The van der Waals surface area contributed by atoms with Gasteiger partial charge in [0.1, 0.15) is 0 Å². The highest BCUT2D eigenvalue weighted by molar-refractivity contribution is 6.34. The van der Waals surface area contributed by atoms with Crippen molar-refractivity contribution in [1.29, 1.82) is 0 Å². The number of pyridine rings is 1. The van der Waals surface area contributed by atoms with Crippen molar-refractivity contribution in [1.82, 2.24) is 14.8 Å². The van der Waals surface area contributed by atoms with Gasteiger partial charge in [0.25, 0.3) is 0 Å². The maximum atomic E-state index is 12.2. The van der Waals surface area contributed by atoms with Gasteiger partial charge in [-0.25, -0.2) is 4.68 Å². The first-order valence-electron chi connectivity index (χ1n) is 8.19. The zero-order chi connectivity index (χ0) is 18.7. The second-order valence-electron chi connectivity index (χ2n) is 5.91. The van der Waals surface area contributed by atoms with Gasteiger partial charge in [0.2, 0.25) is 5.91 Å². The number of rotatable bonds is 4. The molecule has 0 aliphatic heterocycles. The summed E-state index contributed by atoms with van der Waals surface area (Å²) in [6.07, 6.45) is 4.87. The molecule has 0 radical (unpaired) electrons. The number of anilines is 1. The number of nitrogens with zero attached hydrogens (tertiary/aromatic N) is 3. The van der Waals surface area contributed by atoms with Crippen molar-refractivity contribution in [2.45, 2.75) is 20.8 Å². The van der Waals surface area contributed by atoms with Gasteiger partial charge in [-0.2, -0.15) is 5.10 Å². The number of halogens is 1. The Labute approximate surface area is 157 Å². The quantitative estimate of drug-likeness (QED) is 0.691.